The first kappa shape index (κ1) is 23.3. The van der Waals surface area contributed by atoms with Crippen molar-refractivity contribution in [2.75, 3.05) is 50.7 Å². The minimum atomic E-state index is -3.65. The molecule has 33 heavy (non-hydrogen) atoms. The number of anilines is 1. The lowest BCUT2D eigenvalue weighted by Crippen LogP contribution is -2.50. The standard InChI is InChI=1S/C23H27FN4O4S/c24-19-6-8-21(9-7-19)33(31,32)27-14-12-26(13-15-27)11-10-25-23(30)18-16-22(29)28(17-18)20-4-2-1-3-5-20/h1-9,18H,10-17H2,(H,25,30). The van der Waals surface area contributed by atoms with Gasteiger partial charge in [-0.3, -0.25) is 14.5 Å². The third kappa shape index (κ3) is 5.40. The van der Waals surface area contributed by atoms with E-state index in [1.165, 1.54) is 16.4 Å². The molecule has 2 aromatic carbocycles. The molecule has 10 heteroatoms. The number of amides is 2. The highest BCUT2D eigenvalue weighted by molar-refractivity contribution is 7.89. The van der Waals surface area contributed by atoms with Crippen LogP contribution in [0.25, 0.3) is 0 Å². The van der Waals surface area contributed by atoms with E-state index in [9.17, 15) is 22.4 Å². The molecule has 0 aliphatic carbocycles. The summed E-state index contributed by atoms with van der Waals surface area (Å²) in [5.41, 5.74) is 0.797. The number of piperazine rings is 1. The first-order chi connectivity index (χ1) is 15.8. The van der Waals surface area contributed by atoms with Crippen molar-refractivity contribution in [2.24, 2.45) is 5.92 Å². The maximum atomic E-state index is 13.1. The van der Waals surface area contributed by atoms with E-state index in [4.69, 9.17) is 0 Å². The van der Waals surface area contributed by atoms with Crippen molar-refractivity contribution in [3.63, 3.8) is 0 Å². The Morgan fingerprint density at radius 3 is 2.33 bits per heavy atom. The molecule has 1 unspecified atom stereocenters. The fraction of sp³-hybridized carbons (Fsp3) is 0.391. The molecule has 0 radical (unpaired) electrons. The molecule has 1 atom stereocenters. The molecule has 2 heterocycles. The number of benzene rings is 2. The Bertz CT molecular complexity index is 1090. The molecule has 0 saturated carbocycles. The summed E-state index contributed by atoms with van der Waals surface area (Å²) in [6.45, 7) is 3.14. The van der Waals surface area contributed by atoms with E-state index >= 15 is 0 Å². The summed E-state index contributed by atoms with van der Waals surface area (Å²) in [7, 11) is -3.65. The van der Waals surface area contributed by atoms with Gasteiger partial charge in [0, 0.05) is 57.9 Å². The number of para-hydroxylation sites is 1. The van der Waals surface area contributed by atoms with E-state index < -0.39 is 15.8 Å². The number of nitrogens with one attached hydrogen (secondary N) is 1. The summed E-state index contributed by atoms with van der Waals surface area (Å²) in [4.78, 5) is 28.7. The lowest BCUT2D eigenvalue weighted by atomic mass is 10.1. The number of hydrogen-bond donors (Lipinski definition) is 1. The molecule has 0 aromatic heterocycles. The van der Waals surface area contributed by atoms with Crippen LogP contribution in [0.15, 0.2) is 59.5 Å². The van der Waals surface area contributed by atoms with E-state index in [0.717, 1.165) is 17.8 Å². The number of carbonyl (C=O) groups is 2. The molecule has 2 amide bonds. The largest absolute Gasteiger partial charge is 0.355 e. The zero-order chi connectivity index (χ0) is 23.4. The quantitative estimate of drug-likeness (QED) is 0.654. The predicted octanol–water partition coefficient (Wildman–Crippen LogP) is 1.30. The van der Waals surface area contributed by atoms with Gasteiger partial charge in [0.1, 0.15) is 5.82 Å². The zero-order valence-electron chi connectivity index (χ0n) is 18.2. The fourth-order valence-corrected chi connectivity index (χ4v) is 5.59. The molecule has 2 aromatic rings. The molecule has 8 nitrogen and oxygen atoms in total. The summed E-state index contributed by atoms with van der Waals surface area (Å²) in [5.74, 6) is -1.05. The van der Waals surface area contributed by atoms with E-state index in [2.05, 4.69) is 10.2 Å². The summed E-state index contributed by atoms with van der Waals surface area (Å²) >= 11 is 0. The third-order valence-corrected chi connectivity index (χ3v) is 7.99. The highest BCUT2D eigenvalue weighted by atomic mass is 32.2. The van der Waals surface area contributed by atoms with Crippen LogP contribution in [0, 0.1) is 11.7 Å². The van der Waals surface area contributed by atoms with Crippen LogP contribution in [0.2, 0.25) is 0 Å². The minimum absolute atomic E-state index is 0.0557. The lowest BCUT2D eigenvalue weighted by Gasteiger charge is -2.34. The summed E-state index contributed by atoms with van der Waals surface area (Å²) in [5, 5.41) is 2.91. The second kappa shape index (κ2) is 9.98. The number of halogens is 1. The van der Waals surface area contributed by atoms with Crippen molar-refractivity contribution in [3.8, 4) is 0 Å². The highest BCUT2D eigenvalue weighted by Gasteiger charge is 2.35. The van der Waals surface area contributed by atoms with E-state index in [1.54, 1.807) is 4.90 Å². The molecule has 2 aliphatic rings. The van der Waals surface area contributed by atoms with Crippen LogP contribution < -0.4 is 10.2 Å². The second-order valence-corrected chi connectivity index (χ2v) is 10.2. The first-order valence-corrected chi connectivity index (χ1v) is 12.4. The Morgan fingerprint density at radius 1 is 1.00 bits per heavy atom. The minimum Gasteiger partial charge on any atom is -0.355 e. The first-order valence-electron chi connectivity index (χ1n) is 11.0. The van der Waals surface area contributed by atoms with Gasteiger partial charge >= 0.3 is 0 Å². The van der Waals surface area contributed by atoms with Gasteiger partial charge in [-0.15, -0.1) is 0 Å². The van der Waals surface area contributed by atoms with Crippen molar-refractivity contribution >= 4 is 27.5 Å². The van der Waals surface area contributed by atoms with Gasteiger partial charge in [0.25, 0.3) is 0 Å². The van der Waals surface area contributed by atoms with Gasteiger partial charge in [-0.05, 0) is 36.4 Å². The highest BCUT2D eigenvalue weighted by Crippen LogP contribution is 2.25. The monoisotopic (exact) mass is 474 g/mol. The predicted molar refractivity (Wildman–Crippen MR) is 122 cm³/mol. The van der Waals surface area contributed by atoms with Crippen LogP contribution in [-0.2, 0) is 19.6 Å². The molecule has 2 saturated heterocycles. The van der Waals surface area contributed by atoms with Crippen LogP contribution in [0.3, 0.4) is 0 Å². The van der Waals surface area contributed by atoms with Gasteiger partial charge < -0.3 is 10.2 Å². The zero-order valence-corrected chi connectivity index (χ0v) is 19.0. The molecular weight excluding hydrogens is 447 g/mol. The van der Waals surface area contributed by atoms with Crippen molar-refractivity contribution in [1.29, 1.82) is 0 Å². The number of rotatable bonds is 7. The SMILES string of the molecule is O=C(NCCN1CCN(S(=O)(=O)c2ccc(F)cc2)CC1)C1CC(=O)N(c2ccccc2)C1. The summed E-state index contributed by atoms with van der Waals surface area (Å²) in [6, 6.07) is 14.2. The van der Waals surface area contributed by atoms with Crippen LogP contribution in [0.5, 0.6) is 0 Å². The van der Waals surface area contributed by atoms with Gasteiger partial charge in [-0.2, -0.15) is 4.31 Å². The van der Waals surface area contributed by atoms with E-state index in [-0.39, 0.29) is 29.0 Å². The van der Waals surface area contributed by atoms with E-state index in [0.29, 0.717) is 45.8 Å². The summed E-state index contributed by atoms with van der Waals surface area (Å²) in [6.07, 6.45) is 0.195. The van der Waals surface area contributed by atoms with Crippen LogP contribution in [0.4, 0.5) is 10.1 Å². The number of carbonyl (C=O) groups excluding carboxylic acids is 2. The average molecular weight is 475 g/mol. The van der Waals surface area contributed by atoms with Gasteiger partial charge in [-0.1, -0.05) is 18.2 Å². The van der Waals surface area contributed by atoms with Gasteiger partial charge in [0.2, 0.25) is 21.8 Å². The Labute approximate surface area is 193 Å². The Hall–Kier alpha value is -2.82. The molecule has 0 spiro atoms. The van der Waals surface area contributed by atoms with Gasteiger partial charge in [0.15, 0.2) is 0 Å². The average Bonchev–Trinajstić information content (AvgIpc) is 3.22. The van der Waals surface area contributed by atoms with Crippen LogP contribution in [-0.4, -0.2) is 75.3 Å². The Morgan fingerprint density at radius 2 is 1.67 bits per heavy atom. The third-order valence-electron chi connectivity index (χ3n) is 6.07. The van der Waals surface area contributed by atoms with Crippen molar-refractivity contribution < 1.29 is 22.4 Å². The number of hydrogen-bond acceptors (Lipinski definition) is 5. The van der Waals surface area contributed by atoms with E-state index in [1.807, 2.05) is 30.3 Å². The molecule has 2 fully saturated rings. The van der Waals surface area contributed by atoms with Crippen LogP contribution in [0.1, 0.15) is 6.42 Å². The Balaban J connectivity index is 1.21. The Kier molecular flexibility index (Phi) is 7.06. The summed E-state index contributed by atoms with van der Waals surface area (Å²) < 4.78 is 39.9. The van der Waals surface area contributed by atoms with Crippen molar-refractivity contribution in [1.82, 2.24) is 14.5 Å². The van der Waals surface area contributed by atoms with Gasteiger partial charge in [0.05, 0.1) is 10.8 Å². The molecule has 1 N–H and O–H groups in total. The maximum absolute atomic E-state index is 13.1. The lowest BCUT2D eigenvalue weighted by molar-refractivity contribution is -0.126. The maximum Gasteiger partial charge on any atom is 0.243 e. The topological polar surface area (TPSA) is 90.0 Å². The van der Waals surface area contributed by atoms with Crippen LogP contribution >= 0.6 is 0 Å². The molecule has 176 valence electrons. The van der Waals surface area contributed by atoms with Crippen molar-refractivity contribution in [3.05, 3.63) is 60.4 Å². The normalized spacial score (nSPS) is 20.2. The molecular formula is C23H27FN4O4S. The molecule has 0 bridgehead atoms. The van der Waals surface area contributed by atoms with Gasteiger partial charge in [-0.25, -0.2) is 12.8 Å². The number of nitrogens with zero attached hydrogens (tertiary/aromatic N) is 3. The van der Waals surface area contributed by atoms with Crippen molar-refractivity contribution in [2.45, 2.75) is 11.3 Å². The number of sulfonamides is 1. The molecule has 2 aliphatic heterocycles. The fourth-order valence-electron chi connectivity index (χ4n) is 4.17. The smallest absolute Gasteiger partial charge is 0.243 e. The second-order valence-electron chi connectivity index (χ2n) is 8.23. The molecule has 4 rings (SSSR count).